The minimum atomic E-state index is -0.668. The number of benzene rings is 2. The SMILES string of the molecule is CC(C)CNC(=O)[C@@H](C)N(Cc1ccccc1Cl)C(=O)COc1ccccc1C(C)(C)C. The van der Waals surface area contributed by atoms with Crippen LogP contribution in [0.25, 0.3) is 0 Å². The Hall–Kier alpha value is -2.53. The maximum absolute atomic E-state index is 13.3. The molecule has 0 aromatic heterocycles. The number of rotatable bonds is 9. The first-order valence-corrected chi connectivity index (χ1v) is 11.4. The lowest BCUT2D eigenvalue weighted by molar-refractivity contribution is -0.142. The van der Waals surface area contributed by atoms with Gasteiger partial charge in [-0.05, 0) is 41.5 Å². The van der Waals surface area contributed by atoms with Crippen LogP contribution in [0, 0.1) is 5.92 Å². The van der Waals surface area contributed by atoms with Crippen molar-refractivity contribution in [3.8, 4) is 5.75 Å². The van der Waals surface area contributed by atoms with E-state index in [1.54, 1.807) is 13.0 Å². The van der Waals surface area contributed by atoms with E-state index in [9.17, 15) is 9.59 Å². The average molecular weight is 459 g/mol. The van der Waals surface area contributed by atoms with Gasteiger partial charge in [-0.1, -0.05) is 82.6 Å². The fraction of sp³-hybridized carbons (Fsp3) is 0.462. The normalized spacial score (nSPS) is 12.4. The maximum Gasteiger partial charge on any atom is 0.261 e. The Bertz CT molecular complexity index is 921. The average Bonchev–Trinajstić information content (AvgIpc) is 2.74. The molecule has 1 atom stereocenters. The quantitative estimate of drug-likeness (QED) is 0.561. The second-order valence-electron chi connectivity index (χ2n) is 9.46. The van der Waals surface area contributed by atoms with Gasteiger partial charge in [-0.2, -0.15) is 0 Å². The van der Waals surface area contributed by atoms with Crippen LogP contribution in [0.5, 0.6) is 5.75 Å². The van der Waals surface area contributed by atoms with Crippen LogP contribution in [0.2, 0.25) is 5.02 Å². The minimum Gasteiger partial charge on any atom is -0.483 e. The predicted octanol–water partition coefficient (Wildman–Crippen LogP) is 5.21. The van der Waals surface area contributed by atoms with Crippen molar-refractivity contribution >= 4 is 23.4 Å². The molecule has 0 radical (unpaired) electrons. The van der Waals surface area contributed by atoms with Gasteiger partial charge in [0.15, 0.2) is 6.61 Å². The molecular formula is C26H35ClN2O3. The Kier molecular flexibility index (Phi) is 9.14. The number of carbonyl (C=O) groups excluding carboxylic acids is 2. The molecule has 5 nitrogen and oxygen atoms in total. The Morgan fingerprint density at radius 1 is 1.03 bits per heavy atom. The first kappa shape index (κ1) is 25.7. The lowest BCUT2D eigenvalue weighted by Crippen LogP contribution is -2.49. The van der Waals surface area contributed by atoms with Gasteiger partial charge in [0.25, 0.3) is 5.91 Å². The largest absolute Gasteiger partial charge is 0.483 e. The summed E-state index contributed by atoms with van der Waals surface area (Å²) >= 11 is 6.33. The van der Waals surface area contributed by atoms with Gasteiger partial charge in [0, 0.05) is 18.1 Å². The summed E-state index contributed by atoms with van der Waals surface area (Å²) in [7, 11) is 0. The highest BCUT2D eigenvalue weighted by Crippen LogP contribution is 2.31. The molecular weight excluding hydrogens is 424 g/mol. The van der Waals surface area contributed by atoms with Crippen LogP contribution in [-0.2, 0) is 21.5 Å². The van der Waals surface area contributed by atoms with Crippen LogP contribution >= 0.6 is 11.6 Å². The number of hydrogen-bond donors (Lipinski definition) is 1. The van der Waals surface area contributed by atoms with E-state index in [0.29, 0.717) is 23.2 Å². The van der Waals surface area contributed by atoms with Gasteiger partial charge in [0.05, 0.1) is 0 Å². The van der Waals surface area contributed by atoms with Crippen molar-refractivity contribution < 1.29 is 14.3 Å². The first-order valence-electron chi connectivity index (χ1n) is 11.0. The van der Waals surface area contributed by atoms with Crippen molar-refractivity contribution in [1.29, 1.82) is 0 Å². The highest BCUT2D eigenvalue weighted by Gasteiger charge is 2.28. The van der Waals surface area contributed by atoms with E-state index in [-0.39, 0.29) is 30.4 Å². The molecule has 2 aromatic rings. The fourth-order valence-corrected chi connectivity index (χ4v) is 3.48. The number of para-hydroxylation sites is 1. The number of halogens is 1. The molecule has 6 heteroatoms. The zero-order valence-electron chi connectivity index (χ0n) is 19.9. The molecule has 174 valence electrons. The summed E-state index contributed by atoms with van der Waals surface area (Å²) in [5.41, 5.74) is 1.68. The van der Waals surface area contributed by atoms with Crippen LogP contribution in [0.4, 0.5) is 0 Å². The van der Waals surface area contributed by atoms with Crippen LogP contribution in [0.1, 0.15) is 52.7 Å². The molecule has 0 fully saturated rings. The Morgan fingerprint density at radius 3 is 2.28 bits per heavy atom. The van der Waals surface area contributed by atoms with Gasteiger partial charge in [-0.15, -0.1) is 0 Å². The molecule has 2 amide bonds. The molecule has 0 spiro atoms. The first-order chi connectivity index (χ1) is 15.0. The van der Waals surface area contributed by atoms with Crippen molar-refractivity contribution in [1.82, 2.24) is 10.2 Å². The van der Waals surface area contributed by atoms with Crippen molar-refractivity contribution in [2.24, 2.45) is 5.92 Å². The minimum absolute atomic E-state index is 0.124. The summed E-state index contributed by atoms with van der Waals surface area (Å²) in [5, 5.41) is 3.47. The molecule has 1 N–H and O–H groups in total. The van der Waals surface area contributed by atoms with Crippen LogP contribution in [-0.4, -0.2) is 35.9 Å². The lowest BCUT2D eigenvalue weighted by Gasteiger charge is -2.30. The smallest absolute Gasteiger partial charge is 0.261 e. The van der Waals surface area contributed by atoms with Gasteiger partial charge in [0.1, 0.15) is 11.8 Å². The highest BCUT2D eigenvalue weighted by molar-refractivity contribution is 6.31. The summed E-state index contributed by atoms with van der Waals surface area (Å²) in [6.07, 6.45) is 0. The van der Waals surface area contributed by atoms with Crippen LogP contribution in [0.15, 0.2) is 48.5 Å². The van der Waals surface area contributed by atoms with E-state index in [1.807, 2.05) is 56.3 Å². The van der Waals surface area contributed by atoms with Gasteiger partial charge in [-0.25, -0.2) is 0 Å². The topological polar surface area (TPSA) is 58.6 Å². The lowest BCUT2D eigenvalue weighted by atomic mass is 9.86. The third-order valence-corrected chi connectivity index (χ3v) is 5.57. The summed E-state index contributed by atoms with van der Waals surface area (Å²) in [6, 6.07) is 14.4. The second-order valence-corrected chi connectivity index (χ2v) is 9.87. The third-order valence-electron chi connectivity index (χ3n) is 5.20. The standard InChI is InChI=1S/C26H35ClN2O3/c1-18(2)15-28-25(31)19(3)29(16-20-11-7-9-13-22(20)27)24(30)17-32-23-14-10-8-12-21(23)26(4,5)6/h7-14,18-19H,15-17H2,1-6H3,(H,28,31)/t19-/m1/s1. The van der Waals surface area contributed by atoms with Crippen LogP contribution in [0.3, 0.4) is 0 Å². The number of ether oxygens (including phenoxy) is 1. The van der Waals surface area contributed by atoms with Gasteiger partial charge in [0.2, 0.25) is 5.91 Å². The van der Waals surface area contributed by atoms with E-state index >= 15 is 0 Å². The fourth-order valence-electron chi connectivity index (χ4n) is 3.28. The Labute approximate surface area is 197 Å². The molecule has 0 unspecified atom stereocenters. The van der Waals surface area contributed by atoms with E-state index in [1.165, 1.54) is 4.90 Å². The van der Waals surface area contributed by atoms with Crippen molar-refractivity contribution in [3.05, 3.63) is 64.7 Å². The number of carbonyl (C=O) groups is 2. The molecule has 0 saturated carbocycles. The van der Waals surface area contributed by atoms with Gasteiger partial charge >= 0.3 is 0 Å². The van der Waals surface area contributed by atoms with Crippen molar-refractivity contribution in [2.45, 2.75) is 59.5 Å². The Balaban J connectivity index is 2.22. The van der Waals surface area contributed by atoms with Gasteiger partial charge in [-0.3, -0.25) is 9.59 Å². The zero-order valence-corrected chi connectivity index (χ0v) is 20.7. The third kappa shape index (κ3) is 7.27. The summed E-state index contributed by atoms with van der Waals surface area (Å²) < 4.78 is 5.95. The predicted molar refractivity (Wildman–Crippen MR) is 130 cm³/mol. The summed E-state index contributed by atoms with van der Waals surface area (Å²) in [6.45, 7) is 12.7. The molecule has 2 rings (SSSR count). The number of nitrogens with one attached hydrogen (secondary N) is 1. The van der Waals surface area contributed by atoms with E-state index in [4.69, 9.17) is 16.3 Å². The molecule has 0 saturated heterocycles. The summed E-state index contributed by atoms with van der Waals surface area (Å²) in [5.74, 6) is 0.508. The van der Waals surface area contributed by atoms with E-state index in [2.05, 4.69) is 26.1 Å². The Morgan fingerprint density at radius 2 is 1.66 bits per heavy atom. The molecule has 2 aromatic carbocycles. The van der Waals surface area contributed by atoms with E-state index in [0.717, 1.165) is 11.1 Å². The van der Waals surface area contributed by atoms with Crippen LogP contribution < -0.4 is 10.1 Å². The maximum atomic E-state index is 13.3. The number of hydrogen-bond acceptors (Lipinski definition) is 3. The molecule has 0 heterocycles. The van der Waals surface area contributed by atoms with Crippen molar-refractivity contribution in [3.63, 3.8) is 0 Å². The zero-order chi connectivity index (χ0) is 23.9. The van der Waals surface area contributed by atoms with Gasteiger partial charge < -0.3 is 15.0 Å². The number of nitrogens with zero attached hydrogens (tertiary/aromatic N) is 1. The molecule has 0 aliphatic heterocycles. The monoisotopic (exact) mass is 458 g/mol. The molecule has 0 aliphatic rings. The number of amides is 2. The molecule has 0 bridgehead atoms. The second kappa shape index (κ2) is 11.4. The molecule has 32 heavy (non-hydrogen) atoms. The van der Waals surface area contributed by atoms with E-state index < -0.39 is 6.04 Å². The summed E-state index contributed by atoms with van der Waals surface area (Å²) in [4.78, 5) is 27.5. The van der Waals surface area contributed by atoms with Crippen molar-refractivity contribution in [2.75, 3.05) is 13.2 Å². The molecule has 0 aliphatic carbocycles. The highest BCUT2D eigenvalue weighted by atomic mass is 35.5.